The second kappa shape index (κ2) is 7.81. The molecule has 0 aliphatic carbocycles. The summed E-state index contributed by atoms with van der Waals surface area (Å²) in [5.41, 5.74) is 0.853. The largest absolute Gasteiger partial charge is 0.491 e. The van der Waals surface area contributed by atoms with Gasteiger partial charge in [0.05, 0.1) is 36.7 Å². The Bertz CT molecular complexity index is 846. The number of benzene rings is 1. The minimum Gasteiger partial charge on any atom is -0.491 e. The van der Waals surface area contributed by atoms with Crippen molar-refractivity contribution in [2.75, 3.05) is 32.7 Å². The van der Waals surface area contributed by atoms with Crippen LogP contribution in [0.4, 0.5) is 4.39 Å². The molecule has 150 valence electrons. The van der Waals surface area contributed by atoms with E-state index in [4.69, 9.17) is 25.3 Å². The van der Waals surface area contributed by atoms with Crippen molar-refractivity contribution in [1.29, 1.82) is 0 Å². The molecule has 0 radical (unpaired) electrons. The average Bonchev–Trinajstić information content (AvgIpc) is 2.92. The molecule has 2 heterocycles. The molecule has 2 aliphatic heterocycles. The molecule has 1 aromatic rings. The molecular formula is C17H21ClFNO6S. The first-order chi connectivity index (χ1) is 12.7. The van der Waals surface area contributed by atoms with E-state index in [-0.39, 0.29) is 54.5 Å². The Balaban J connectivity index is 1.93. The van der Waals surface area contributed by atoms with Crippen LogP contribution in [0.25, 0.3) is 0 Å². The first-order valence-corrected chi connectivity index (χ1v) is 10.7. The second-order valence-corrected chi connectivity index (χ2v) is 8.66. The van der Waals surface area contributed by atoms with Gasteiger partial charge in [0.25, 0.3) is 16.0 Å². The number of rotatable bonds is 6. The zero-order valence-electron chi connectivity index (χ0n) is 15.0. The van der Waals surface area contributed by atoms with Crippen molar-refractivity contribution in [2.24, 2.45) is 0 Å². The molecular weight excluding hydrogens is 401 g/mol. The topological polar surface area (TPSA) is 82.1 Å². The quantitative estimate of drug-likeness (QED) is 0.518. The SMILES string of the molecule is Cc1cc2c(c(OCCCF)c1Cl)C(=O)N1C[C@H](OS(C)(=O)=O)C[C@@H]1CO2. The maximum atomic E-state index is 13.2. The molecule has 2 atom stereocenters. The van der Waals surface area contributed by atoms with E-state index in [0.717, 1.165) is 6.26 Å². The van der Waals surface area contributed by atoms with E-state index in [0.29, 0.717) is 17.7 Å². The molecule has 0 N–H and O–H groups in total. The van der Waals surface area contributed by atoms with Crippen LogP contribution in [-0.4, -0.2) is 64.1 Å². The van der Waals surface area contributed by atoms with Gasteiger partial charge in [-0.1, -0.05) is 11.6 Å². The van der Waals surface area contributed by atoms with Crippen molar-refractivity contribution in [3.8, 4) is 11.5 Å². The van der Waals surface area contributed by atoms with E-state index in [1.165, 1.54) is 4.90 Å². The fourth-order valence-electron chi connectivity index (χ4n) is 3.34. The molecule has 0 bridgehead atoms. The predicted octanol–water partition coefficient (Wildman–Crippen LogP) is 2.34. The van der Waals surface area contributed by atoms with E-state index in [9.17, 15) is 17.6 Å². The van der Waals surface area contributed by atoms with E-state index in [1.54, 1.807) is 13.0 Å². The minimum absolute atomic E-state index is 0.0721. The van der Waals surface area contributed by atoms with Crippen LogP contribution in [0.5, 0.6) is 11.5 Å². The van der Waals surface area contributed by atoms with Gasteiger partial charge >= 0.3 is 0 Å². The van der Waals surface area contributed by atoms with Crippen molar-refractivity contribution in [3.63, 3.8) is 0 Å². The van der Waals surface area contributed by atoms with Gasteiger partial charge in [-0.2, -0.15) is 8.42 Å². The summed E-state index contributed by atoms with van der Waals surface area (Å²) in [5.74, 6) is 0.148. The van der Waals surface area contributed by atoms with Gasteiger partial charge in [-0.15, -0.1) is 0 Å². The Hall–Kier alpha value is -1.58. The summed E-state index contributed by atoms with van der Waals surface area (Å²) in [7, 11) is -3.63. The lowest BCUT2D eigenvalue weighted by Gasteiger charge is -2.21. The Kier molecular flexibility index (Phi) is 5.83. The highest BCUT2D eigenvalue weighted by Crippen LogP contribution is 2.42. The number of carbonyl (C=O) groups excluding carboxylic acids is 1. The van der Waals surface area contributed by atoms with Gasteiger partial charge in [-0.05, 0) is 18.6 Å². The maximum absolute atomic E-state index is 13.2. The summed E-state index contributed by atoms with van der Waals surface area (Å²) in [6.45, 7) is 1.61. The van der Waals surface area contributed by atoms with E-state index >= 15 is 0 Å². The molecule has 1 saturated heterocycles. The van der Waals surface area contributed by atoms with E-state index in [1.807, 2.05) is 0 Å². The van der Waals surface area contributed by atoms with Crippen LogP contribution in [0, 0.1) is 6.92 Å². The summed E-state index contributed by atoms with van der Waals surface area (Å²) in [4.78, 5) is 14.7. The number of nitrogens with zero attached hydrogens (tertiary/aromatic N) is 1. The number of amides is 1. The molecule has 0 saturated carbocycles. The fourth-order valence-corrected chi connectivity index (χ4v) is 4.18. The van der Waals surface area contributed by atoms with Crippen LogP contribution in [-0.2, 0) is 14.3 Å². The van der Waals surface area contributed by atoms with Gasteiger partial charge in [-0.25, -0.2) is 0 Å². The summed E-state index contributed by atoms with van der Waals surface area (Å²) >= 11 is 6.34. The summed E-state index contributed by atoms with van der Waals surface area (Å²) in [6.07, 6.45) is 0.863. The molecule has 10 heteroatoms. The third-order valence-corrected chi connectivity index (χ3v) is 5.58. The molecule has 2 aliphatic rings. The first kappa shape index (κ1) is 20.2. The molecule has 1 aromatic carbocycles. The van der Waals surface area contributed by atoms with Crippen molar-refractivity contribution < 1.29 is 31.3 Å². The van der Waals surface area contributed by atoms with Crippen LogP contribution in [0.3, 0.4) is 0 Å². The molecule has 27 heavy (non-hydrogen) atoms. The molecule has 7 nitrogen and oxygen atoms in total. The van der Waals surface area contributed by atoms with Crippen molar-refractivity contribution in [2.45, 2.75) is 31.9 Å². The number of aryl methyl sites for hydroxylation is 1. The lowest BCUT2D eigenvalue weighted by molar-refractivity contribution is 0.0711. The Morgan fingerprint density at radius 1 is 1.44 bits per heavy atom. The van der Waals surface area contributed by atoms with Crippen molar-refractivity contribution in [1.82, 2.24) is 4.90 Å². The molecule has 0 unspecified atom stereocenters. The second-order valence-electron chi connectivity index (χ2n) is 6.68. The number of alkyl halides is 1. The van der Waals surface area contributed by atoms with Crippen molar-refractivity contribution in [3.05, 3.63) is 22.2 Å². The third kappa shape index (κ3) is 4.30. The smallest absolute Gasteiger partial charge is 0.264 e. The lowest BCUT2D eigenvalue weighted by atomic mass is 10.1. The maximum Gasteiger partial charge on any atom is 0.264 e. The lowest BCUT2D eigenvalue weighted by Crippen LogP contribution is -2.37. The summed E-state index contributed by atoms with van der Waals surface area (Å²) in [6, 6.07) is 1.35. The normalized spacial score (nSPS) is 22.1. The van der Waals surface area contributed by atoms with Gasteiger partial charge in [0.1, 0.15) is 17.9 Å². The van der Waals surface area contributed by atoms with Crippen LogP contribution in [0.1, 0.15) is 28.8 Å². The van der Waals surface area contributed by atoms with E-state index in [2.05, 4.69) is 0 Å². The first-order valence-electron chi connectivity index (χ1n) is 8.55. The Morgan fingerprint density at radius 2 is 2.19 bits per heavy atom. The Labute approximate surface area is 162 Å². The fraction of sp³-hybridized carbons (Fsp3) is 0.588. The molecule has 1 amide bonds. The molecule has 1 fully saturated rings. The number of hydrogen-bond donors (Lipinski definition) is 0. The van der Waals surface area contributed by atoms with Gasteiger partial charge in [0, 0.05) is 19.4 Å². The number of halogens is 2. The van der Waals surface area contributed by atoms with E-state index < -0.39 is 22.9 Å². The van der Waals surface area contributed by atoms with Crippen LogP contribution in [0.2, 0.25) is 5.02 Å². The number of fused-ring (bicyclic) bond motifs is 2. The summed E-state index contributed by atoms with van der Waals surface area (Å²) < 4.78 is 51.7. The number of carbonyl (C=O) groups is 1. The van der Waals surface area contributed by atoms with Crippen LogP contribution >= 0.6 is 11.6 Å². The average molecular weight is 422 g/mol. The standard InChI is InChI=1S/C17H21ClFNO6S/c1-10-6-13-14(16(15(10)18)24-5-3-4-19)17(21)20-8-12(26-27(2,22)23)7-11(20)9-25-13/h6,11-12H,3-5,7-9H2,1-2H3/t11-,12-/m1/s1. The van der Waals surface area contributed by atoms with Gasteiger partial charge in [-0.3, -0.25) is 13.4 Å². The van der Waals surface area contributed by atoms with Gasteiger partial charge < -0.3 is 14.4 Å². The molecule has 0 aromatic heterocycles. The predicted molar refractivity (Wildman–Crippen MR) is 96.9 cm³/mol. The number of ether oxygens (including phenoxy) is 2. The zero-order valence-corrected chi connectivity index (χ0v) is 16.6. The van der Waals surface area contributed by atoms with Crippen LogP contribution < -0.4 is 9.47 Å². The highest BCUT2D eigenvalue weighted by atomic mass is 35.5. The highest BCUT2D eigenvalue weighted by Gasteiger charge is 2.42. The monoisotopic (exact) mass is 421 g/mol. The number of hydrogen-bond acceptors (Lipinski definition) is 6. The van der Waals surface area contributed by atoms with Crippen molar-refractivity contribution >= 4 is 27.6 Å². The minimum atomic E-state index is -3.63. The molecule has 0 spiro atoms. The van der Waals surface area contributed by atoms with Gasteiger partial charge in [0.15, 0.2) is 5.75 Å². The highest BCUT2D eigenvalue weighted by molar-refractivity contribution is 7.86. The Morgan fingerprint density at radius 3 is 2.85 bits per heavy atom. The zero-order chi connectivity index (χ0) is 19.8. The summed E-state index contributed by atoms with van der Waals surface area (Å²) in [5, 5.41) is 0.270. The molecule has 3 rings (SSSR count). The third-order valence-electron chi connectivity index (χ3n) is 4.48. The van der Waals surface area contributed by atoms with Gasteiger partial charge in [0.2, 0.25) is 0 Å². The van der Waals surface area contributed by atoms with Crippen LogP contribution in [0.15, 0.2) is 6.07 Å².